The molecule has 18 heavy (non-hydrogen) atoms. The normalized spacial score (nSPS) is 16.7. The van der Waals surface area contributed by atoms with Crippen molar-refractivity contribution < 1.29 is 14.3 Å². The second-order valence-electron chi connectivity index (χ2n) is 4.58. The number of hydrogen-bond acceptors (Lipinski definition) is 4. The molecule has 1 amide bonds. The molecular formula is C13H26N2O3. The Morgan fingerprint density at radius 1 is 1.33 bits per heavy atom. The zero-order valence-electron chi connectivity index (χ0n) is 11.4. The van der Waals surface area contributed by atoms with Crippen LogP contribution in [0.5, 0.6) is 0 Å². The first kappa shape index (κ1) is 15.4. The number of amides is 1. The second-order valence-corrected chi connectivity index (χ2v) is 4.58. The molecule has 0 atom stereocenters. The Morgan fingerprint density at radius 3 is 2.83 bits per heavy atom. The summed E-state index contributed by atoms with van der Waals surface area (Å²) in [5.74, 6) is -0.0241. The van der Waals surface area contributed by atoms with Gasteiger partial charge in [-0.05, 0) is 38.8 Å². The van der Waals surface area contributed by atoms with E-state index in [9.17, 15) is 4.79 Å². The monoisotopic (exact) mass is 258 g/mol. The van der Waals surface area contributed by atoms with Gasteiger partial charge in [0.25, 0.3) is 0 Å². The quantitative estimate of drug-likeness (QED) is 0.597. The molecule has 106 valence electrons. The zero-order valence-corrected chi connectivity index (χ0v) is 11.4. The highest BCUT2D eigenvalue weighted by Crippen LogP contribution is 2.06. The van der Waals surface area contributed by atoms with Crippen LogP contribution >= 0.6 is 0 Å². The van der Waals surface area contributed by atoms with Gasteiger partial charge >= 0.3 is 0 Å². The number of piperidine rings is 1. The number of ether oxygens (including phenoxy) is 2. The molecule has 1 heterocycles. The van der Waals surface area contributed by atoms with Gasteiger partial charge in [0.1, 0.15) is 6.61 Å². The van der Waals surface area contributed by atoms with Gasteiger partial charge in [-0.1, -0.05) is 6.92 Å². The molecule has 0 aromatic heterocycles. The van der Waals surface area contributed by atoms with Crippen molar-refractivity contribution in [3.63, 3.8) is 0 Å². The van der Waals surface area contributed by atoms with Crippen LogP contribution in [0.4, 0.5) is 0 Å². The number of hydrogen-bond donors (Lipinski definition) is 2. The molecule has 1 fully saturated rings. The van der Waals surface area contributed by atoms with Crippen LogP contribution in [0.15, 0.2) is 0 Å². The summed E-state index contributed by atoms with van der Waals surface area (Å²) in [7, 11) is 0. The molecule has 1 aliphatic rings. The largest absolute Gasteiger partial charge is 0.381 e. The van der Waals surface area contributed by atoms with Gasteiger partial charge in [0.15, 0.2) is 0 Å². The molecule has 0 saturated carbocycles. The van der Waals surface area contributed by atoms with Crippen molar-refractivity contribution in [3.8, 4) is 0 Å². The van der Waals surface area contributed by atoms with Crippen molar-refractivity contribution in [3.05, 3.63) is 0 Å². The number of carbonyl (C=O) groups is 1. The molecule has 0 aliphatic carbocycles. The highest BCUT2D eigenvalue weighted by Gasteiger charge is 2.14. The van der Waals surface area contributed by atoms with E-state index in [0.29, 0.717) is 13.2 Å². The Hall–Kier alpha value is -0.650. The van der Waals surface area contributed by atoms with E-state index in [2.05, 4.69) is 17.6 Å². The Morgan fingerprint density at radius 2 is 2.11 bits per heavy atom. The maximum Gasteiger partial charge on any atom is 0.246 e. The Labute approximate surface area is 110 Å². The van der Waals surface area contributed by atoms with Crippen molar-refractivity contribution in [1.82, 2.24) is 10.6 Å². The van der Waals surface area contributed by atoms with Crippen LogP contribution in [-0.4, -0.2) is 51.5 Å². The Bertz CT molecular complexity index is 218. The lowest BCUT2D eigenvalue weighted by atomic mass is 10.1. The van der Waals surface area contributed by atoms with Crippen molar-refractivity contribution in [2.45, 2.75) is 38.7 Å². The number of carbonyl (C=O) groups excluding carboxylic acids is 1. The number of nitrogens with one attached hydrogen (secondary N) is 2. The average molecular weight is 258 g/mol. The maximum atomic E-state index is 11.5. The lowest BCUT2D eigenvalue weighted by Crippen LogP contribution is -2.36. The third kappa shape index (κ3) is 7.63. The fourth-order valence-electron chi connectivity index (χ4n) is 1.86. The topological polar surface area (TPSA) is 59.6 Å². The molecule has 1 aliphatic heterocycles. The van der Waals surface area contributed by atoms with Crippen LogP contribution in [0, 0.1) is 0 Å². The minimum Gasteiger partial charge on any atom is -0.381 e. The predicted molar refractivity (Wildman–Crippen MR) is 70.6 cm³/mol. The summed E-state index contributed by atoms with van der Waals surface area (Å²) in [6, 6.07) is 0. The fraction of sp³-hybridized carbons (Fsp3) is 0.923. The smallest absolute Gasteiger partial charge is 0.246 e. The minimum absolute atomic E-state index is 0.0241. The first-order valence-electron chi connectivity index (χ1n) is 6.99. The van der Waals surface area contributed by atoms with Gasteiger partial charge in [0, 0.05) is 19.8 Å². The SMILES string of the molecule is CCCOCCCNC(=O)COC1CCNCC1. The summed E-state index contributed by atoms with van der Waals surface area (Å²) in [6.45, 7) is 6.41. The van der Waals surface area contributed by atoms with Gasteiger partial charge in [0.2, 0.25) is 5.91 Å². The summed E-state index contributed by atoms with van der Waals surface area (Å²) in [5.41, 5.74) is 0. The highest BCUT2D eigenvalue weighted by atomic mass is 16.5. The summed E-state index contributed by atoms with van der Waals surface area (Å²) in [6.07, 6.45) is 4.14. The first-order chi connectivity index (χ1) is 8.83. The van der Waals surface area contributed by atoms with E-state index in [0.717, 1.165) is 45.4 Å². The van der Waals surface area contributed by atoms with Gasteiger partial charge in [-0.25, -0.2) is 0 Å². The van der Waals surface area contributed by atoms with Crippen LogP contribution in [0.2, 0.25) is 0 Å². The van der Waals surface area contributed by atoms with Crippen molar-refractivity contribution in [2.24, 2.45) is 0 Å². The summed E-state index contributed by atoms with van der Waals surface area (Å²) in [4.78, 5) is 11.5. The summed E-state index contributed by atoms with van der Waals surface area (Å²) < 4.78 is 10.9. The van der Waals surface area contributed by atoms with Crippen molar-refractivity contribution in [1.29, 1.82) is 0 Å². The molecule has 2 N–H and O–H groups in total. The van der Waals surface area contributed by atoms with Crippen molar-refractivity contribution in [2.75, 3.05) is 39.5 Å². The predicted octanol–water partition coefficient (Wildman–Crippen LogP) is 0.688. The maximum absolute atomic E-state index is 11.5. The Balaban J connectivity index is 1.90. The summed E-state index contributed by atoms with van der Waals surface area (Å²) >= 11 is 0. The highest BCUT2D eigenvalue weighted by molar-refractivity contribution is 5.77. The van der Waals surface area contributed by atoms with Gasteiger partial charge in [-0.3, -0.25) is 4.79 Å². The van der Waals surface area contributed by atoms with Gasteiger partial charge in [0.05, 0.1) is 6.10 Å². The van der Waals surface area contributed by atoms with Crippen molar-refractivity contribution >= 4 is 5.91 Å². The van der Waals surface area contributed by atoms with Crippen LogP contribution in [0.1, 0.15) is 32.6 Å². The van der Waals surface area contributed by atoms with E-state index in [-0.39, 0.29) is 18.6 Å². The van der Waals surface area contributed by atoms with E-state index in [4.69, 9.17) is 9.47 Å². The molecule has 5 heteroatoms. The minimum atomic E-state index is -0.0241. The lowest BCUT2D eigenvalue weighted by molar-refractivity contribution is -0.128. The van der Waals surface area contributed by atoms with E-state index < -0.39 is 0 Å². The van der Waals surface area contributed by atoms with E-state index in [1.54, 1.807) is 0 Å². The molecular weight excluding hydrogens is 232 g/mol. The molecule has 0 bridgehead atoms. The average Bonchev–Trinajstić information content (AvgIpc) is 2.41. The number of rotatable bonds is 9. The van der Waals surface area contributed by atoms with Gasteiger partial charge < -0.3 is 20.1 Å². The third-order valence-electron chi connectivity index (χ3n) is 2.87. The molecule has 0 aromatic carbocycles. The van der Waals surface area contributed by atoms with Crippen LogP contribution < -0.4 is 10.6 Å². The lowest BCUT2D eigenvalue weighted by Gasteiger charge is -2.22. The van der Waals surface area contributed by atoms with Crippen LogP contribution in [0.25, 0.3) is 0 Å². The molecule has 1 saturated heterocycles. The standard InChI is InChI=1S/C13H26N2O3/c1-2-9-17-10-3-6-15-13(16)11-18-12-4-7-14-8-5-12/h12,14H,2-11H2,1H3,(H,15,16). The first-order valence-corrected chi connectivity index (χ1v) is 6.99. The van der Waals surface area contributed by atoms with E-state index in [1.165, 1.54) is 0 Å². The molecule has 5 nitrogen and oxygen atoms in total. The van der Waals surface area contributed by atoms with E-state index in [1.807, 2.05) is 0 Å². The molecule has 0 spiro atoms. The van der Waals surface area contributed by atoms with Gasteiger partial charge in [-0.15, -0.1) is 0 Å². The molecule has 0 aromatic rings. The summed E-state index contributed by atoms with van der Waals surface area (Å²) in [5, 5.41) is 6.11. The zero-order chi connectivity index (χ0) is 13.1. The second kappa shape index (κ2) is 10.3. The van der Waals surface area contributed by atoms with Crippen LogP contribution in [0.3, 0.4) is 0 Å². The molecule has 0 unspecified atom stereocenters. The van der Waals surface area contributed by atoms with E-state index >= 15 is 0 Å². The Kier molecular flexibility index (Phi) is 8.81. The van der Waals surface area contributed by atoms with Gasteiger partial charge in [-0.2, -0.15) is 0 Å². The molecule has 1 rings (SSSR count). The fourth-order valence-corrected chi connectivity index (χ4v) is 1.86. The third-order valence-corrected chi connectivity index (χ3v) is 2.87. The molecule has 0 radical (unpaired) electrons. The van der Waals surface area contributed by atoms with Crippen LogP contribution in [-0.2, 0) is 14.3 Å².